The molecule has 2 atom stereocenters. The molecular weight excluding hydrogens is 305 g/mol. The minimum atomic E-state index is -1.35. The van der Waals surface area contributed by atoms with Crippen LogP contribution >= 0.6 is 0 Å². The van der Waals surface area contributed by atoms with Crippen molar-refractivity contribution in [3.8, 4) is 5.88 Å². The highest BCUT2D eigenvalue weighted by Gasteiger charge is 2.30. The van der Waals surface area contributed by atoms with Crippen LogP contribution in [0.3, 0.4) is 0 Å². The van der Waals surface area contributed by atoms with Crippen LogP contribution in [-0.4, -0.2) is 18.1 Å². The van der Waals surface area contributed by atoms with Gasteiger partial charge in [0, 0.05) is 18.0 Å². The highest BCUT2D eigenvalue weighted by molar-refractivity contribution is 5.27. The first-order valence-corrected chi connectivity index (χ1v) is 7.51. The lowest BCUT2D eigenvalue weighted by molar-refractivity contribution is 0.128. The number of hydrogen-bond acceptors (Lipinski definition) is 3. The Morgan fingerprint density at radius 2 is 1.91 bits per heavy atom. The van der Waals surface area contributed by atoms with Crippen LogP contribution in [0.25, 0.3) is 0 Å². The number of aromatic nitrogens is 1. The molecule has 6 heteroatoms. The number of nitrogens with zero attached hydrogens (tertiary/aromatic N) is 1. The average Bonchev–Trinajstić information content (AvgIpc) is 3.10. The second kappa shape index (κ2) is 6.58. The van der Waals surface area contributed by atoms with Crippen molar-refractivity contribution in [3.05, 3.63) is 59.0 Å². The van der Waals surface area contributed by atoms with Crippen molar-refractivity contribution < 1.29 is 17.9 Å². The fourth-order valence-corrected chi connectivity index (χ4v) is 2.81. The third kappa shape index (κ3) is 3.17. The second-order valence-corrected chi connectivity index (χ2v) is 5.66. The molecule has 0 amide bonds. The van der Waals surface area contributed by atoms with E-state index in [2.05, 4.69) is 10.3 Å². The highest BCUT2D eigenvalue weighted by Crippen LogP contribution is 2.33. The highest BCUT2D eigenvalue weighted by atomic mass is 19.2. The Hall–Kier alpha value is -2.08. The zero-order valence-electron chi connectivity index (χ0n) is 12.7. The minimum Gasteiger partial charge on any atom is -0.467 e. The fourth-order valence-electron chi connectivity index (χ4n) is 2.81. The van der Waals surface area contributed by atoms with Gasteiger partial charge < -0.3 is 10.1 Å². The summed E-state index contributed by atoms with van der Waals surface area (Å²) in [5.41, 5.74) is 0.425. The average molecular weight is 322 g/mol. The van der Waals surface area contributed by atoms with Gasteiger partial charge in [0.25, 0.3) is 11.8 Å². The molecule has 2 aromatic rings. The van der Waals surface area contributed by atoms with Gasteiger partial charge in [0.1, 0.15) is 6.10 Å². The largest absolute Gasteiger partial charge is 0.467 e. The number of hydrogen-bond donors (Lipinski definition) is 1. The van der Waals surface area contributed by atoms with Gasteiger partial charge in [-0.05, 0) is 25.5 Å². The van der Waals surface area contributed by atoms with E-state index in [0.717, 1.165) is 25.5 Å². The van der Waals surface area contributed by atoms with E-state index in [1.54, 1.807) is 0 Å². The van der Waals surface area contributed by atoms with Crippen LogP contribution in [-0.2, 0) is 0 Å². The lowest BCUT2D eigenvalue weighted by atomic mass is 9.95. The summed E-state index contributed by atoms with van der Waals surface area (Å²) in [4.78, 5) is 3.31. The van der Waals surface area contributed by atoms with Crippen LogP contribution in [0.4, 0.5) is 13.2 Å². The van der Waals surface area contributed by atoms with Crippen molar-refractivity contribution in [2.24, 2.45) is 5.92 Å². The zero-order valence-corrected chi connectivity index (χ0v) is 12.7. The van der Waals surface area contributed by atoms with Gasteiger partial charge in [-0.1, -0.05) is 30.3 Å². The molecule has 1 aliphatic rings. The molecule has 1 aliphatic heterocycles. The Bertz CT molecular complexity index is 688. The predicted molar refractivity (Wildman–Crippen MR) is 79.6 cm³/mol. The molecule has 1 unspecified atom stereocenters. The third-order valence-corrected chi connectivity index (χ3v) is 4.12. The van der Waals surface area contributed by atoms with E-state index in [9.17, 15) is 13.2 Å². The molecule has 3 rings (SSSR count). The van der Waals surface area contributed by atoms with Crippen LogP contribution in [0.15, 0.2) is 30.3 Å². The van der Waals surface area contributed by atoms with E-state index in [-0.39, 0.29) is 5.92 Å². The molecule has 0 aliphatic carbocycles. The molecule has 0 radical (unpaired) electrons. The summed E-state index contributed by atoms with van der Waals surface area (Å²) in [5, 5.41) is 3.23. The zero-order chi connectivity index (χ0) is 16.4. The molecule has 23 heavy (non-hydrogen) atoms. The molecule has 1 N–H and O–H groups in total. The number of ether oxygens (including phenoxy) is 1. The lowest BCUT2D eigenvalue weighted by Crippen LogP contribution is -2.22. The topological polar surface area (TPSA) is 34.1 Å². The van der Waals surface area contributed by atoms with Crippen molar-refractivity contribution in [1.82, 2.24) is 10.3 Å². The van der Waals surface area contributed by atoms with Crippen LogP contribution in [0.2, 0.25) is 0 Å². The molecule has 1 aromatic heterocycles. The van der Waals surface area contributed by atoms with E-state index in [1.165, 1.54) is 0 Å². The standard InChI is InChI=1S/C17H17F3N2O/c1-10-13(18)16(20)22-17(14(10)19)23-15(12-7-8-21-9-12)11-5-3-2-4-6-11/h2-6,12,15,21H,7-9H2,1H3/t12?,15-/m1/s1. The van der Waals surface area contributed by atoms with Gasteiger partial charge in [0.2, 0.25) is 0 Å². The van der Waals surface area contributed by atoms with Gasteiger partial charge in [-0.3, -0.25) is 0 Å². The molecule has 2 heterocycles. The summed E-state index contributed by atoms with van der Waals surface area (Å²) in [6.45, 7) is 2.71. The fraction of sp³-hybridized carbons (Fsp3) is 0.353. The molecule has 0 saturated carbocycles. The first-order chi connectivity index (χ1) is 11.1. The van der Waals surface area contributed by atoms with Gasteiger partial charge in [-0.2, -0.15) is 9.37 Å². The van der Waals surface area contributed by atoms with Crippen LogP contribution in [0, 0.1) is 30.4 Å². The Morgan fingerprint density at radius 1 is 1.17 bits per heavy atom. The molecule has 122 valence electrons. The molecule has 1 fully saturated rings. The number of halogens is 3. The van der Waals surface area contributed by atoms with Gasteiger partial charge in [-0.15, -0.1) is 0 Å². The molecule has 0 bridgehead atoms. The van der Waals surface area contributed by atoms with Crippen LogP contribution in [0.1, 0.15) is 23.7 Å². The predicted octanol–water partition coefficient (Wildman–Crippen LogP) is 3.54. The maximum atomic E-state index is 14.2. The molecule has 1 aromatic carbocycles. The van der Waals surface area contributed by atoms with E-state index in [0.29, 0.717) is 6.54 Å². The summed E-state index contributed by atoms with van der Waals surface area (Å²) >= 11 is 0. The van der Waals surface area contributed by atoms with Crippen molar-refractivity contribution in [2.45, 2.75) is 19.4 Å². The minimum absolute atomic E-state index is 0.104. The Morgan fingerprint density at radius 3 is 2.57 bits per heavy atom. The first-order valence-electron chi connectivity index (χ1n) is 7.51. The normalized spacial score (nSPS) is 18.9. The molecular formula is C17H17F3N2O. The Labute approximate surface area is 132 Å². The van der Waals surface area contributed by atoms with E-state index < -0.39 is 35.1 Å². The quantitative estimate of drug-likeness (QED) is 0.874. The summed E-state index contributed by atoms with van der Waals surface area (Å²) in [6.07, 6.45) is 0.376. The second-order valence-electron chi connectivity index (χ2n) is 5.66. The third-order valence-electron chi connectivity index (χ3n) is 4.12. The number of nitrogens with one attached hydrogen (secondary N) is 1. The van der Waals surface area contributed by atoms with Gasteiger partial charge in [0.15, 0.2) is 11.6 Å². The summed E-state index contributed by atoms with van der Waals surface area (Å²) in [6, 6.07) is 9.32. The van der Waals surface area contributed by atoms with Crippen LogP contribution < -0.4 is 10.1 Å². The van der Waals surface area contributed by atoms with Gasteiger partial charge in [0.05, 0.1) is 0 Å². The van der Waals surface area contributed by atoms with Crippen molar-refractivity contribution >= 4 is 0 Å². The van der Waals surface area contributed by atoms with E-state index in [4.69, 9.17) is 4.74 Å². The molecule has 3 nitrogen and oxygen atoms in total. The number of rotatable bonds is 4. The summed E-state index contributed by atoms with van der Waals surface area (Å²) < 4.78 is 46.8. The van der Waals surface area contributed by atoms with Crippen molar-refractivity contribution in [1.29, 1.82) is 0 Å². The van der Waals surface area contributed by atoms with Gasteiger partial charge in [-0.25, -0.2) is 8.78 Å². The summed E-state index contributed by atoms with van der Waals surface area (Å²) in [5.74, 6) is -3.99. The lowest BCUT2D eigenvalue weighted by Gasteiger charge is -2.24. The van der Waals surface area contributed by atoms with Gasteiger partial charge >= 0.3 is 0 Å². The maximum Gasteiger partial charge on any atom is 0.254 e. The summed E-state index contributed by atoms with van der Waals surface area (Å²) in [7, 11) is 0. The SMILES string of the molecule is Cc1c(F)c(F)nc(O[C@H](c2ccccc2)C2CCNC2)c1F. The van der Waals surface area contributed by atoms with Crippen molar-refractivity contribution in [2.75, 3.05) is 13.1 Å². The smallest absolute Gasteiger partial charge is 0.254 e. The number of benzene rings is 1. The maximum absolute atomic E-state index is 14.2. The molecule has 0 spiro atoms. The Kier molecular flexibility index (Phi) is 4.52. The monoisotopic (exact) mass is 322 g/mol. The van der Waals surface area contributed by atoms with E-state index in [1.807, 2.05) is 30.3 Å². The van der Waals surface area contributed by atoms with E-state index >= 15 is 0 Å². The molecule has 1 saturated heterocycles. The first kappa shape index (κ1) is 15.8. The number of pyridine rings is 1. The van der Waals surface area contributed by atoms with Crippen LogP contribution in [0.5, 0.6) is 5.88 Å². The Balaban J connectivity index is 1.96. The van der Waals surface area contributed by atoms with Crippen molar-refractivity contribution in [3.63, 3.8) is 0 Å².